The number of allylic oxidation sites excluding steroid dienone is 8. The maximum Gasteiger partial charge on any atom is 0.326 e. The third kappa shape index (κ3) is 43.4. The van der Waals surface area contributed by atoms with Crippen LogP contribution in [0.5, 0.6) is 0 Å². The maximum absolute atomic E-state index is 12.9. The van der Waals surface area contributed by atoms with Crippen molar-refractivity contribution in [3.05, 3.63) is 48.6 Å². The van der Waals surface area contributed by atoms with E-state index >= 15 is 0 Å². The van der Waals surface area contributed by atoms with Gasteiger partial charge < -0.3 is 20.9 Å². The van der Waals surface area contributed by atoms with E-state index in [4.69, 9.17) is 10.5 Å². The Balaban J connectivity index is 4.23. The first-order valence-corrected chi connectivity index (χ1v) is 25.5. The van der Waals surface area contributed by atoms with E-state index in [1.807, 2.05) is 0 Å². The van der Waals surface area contributed by atoms with Gasteiger partial charge in [-0.05, 0) is 116 Å². The molecule has 4 N–H and O–H groups in total. The number of nitrogens with two attached hydrogens (primary N) is 1. The summed E-state index contributed by atoms with van der Waals surface area (Å²) in [4.78, 5) is 36.5. The number of esters is 1. The molecule has 0 bridgehead atoms. The zero-order chi connectivity index (χ0) is 43.8. The van der Waals surface area contributed by atoms with E-state index in [9.17, 15) is 19.5 Å². The summed E-state index contributed by atoms with van der Waals surface area (Å²) in [6.45, 7) is 4.94. The van der Waals surface area contributed by atoms with Crippen LogP contribution in [0.2, 0.25) is 0 Å². The highest BCUT2D eigenvalue weighted by Crippen LogP contribution is 2.18. The Bertz CT molecular complexity index is 1080. The van der Waals surface area contributed by atoms with Crippen LogP contribution in [-0.4, -0.2) is 41.6 Å². The first kappa shape index (κ1) is 57.3. The van der Waals surface area contributed by atoms with Gasteiger partial charge in [0.15, 0.2) is 0 Å². The van der Waals surface area contributed by atoms with Crippen LogP contribution in [0, 0.1) is 0 Å². The van der Waals surface area contributed by atoms with Crippen molar-refractivity contribution >= 4 is 17.8 Å². The number of ether oxygens (including phenoxy) is 1. The molecule has 2 unspecified atom stereocenters. The van der Waals surface area contributed by atoms with Gasteiger partial charge in [-0.25, -0.2) is 4.79 Å². The number of hydrogen-bond donors (Lipinski definition) is 3. The van der Waals surface area contributed by atoms with Gasteiger partial charge in [0.2, 0.25) is 5.91 Å². The van der Waals surface area contributed by atoms with Crippen molar-refractivity contribution in [1.29, 1.82) is 0 Å². The lowest BCUT2D eigenvalue weighted by Gasteiger charge is -2.18. The molecular weight excluding hydrogens is 745 g/mol. The van der Waals surface area contributed by atoms with Crippen LogP contribution in [0.15, 0.2) is 48.6 Å². The third-order valence-electron chi connectivity index (χ3n) is 11.4. The number of carbonyl (C=O) groups is 3. The number of aliphatic carboxylic acids is 1. The lowest BCUT2D eigenvalue weighted by atomic mass is 10.0. The molecule has 0 aromatic carbocycles. The molecule has 348 valence electrons. The smallest absolute Gasteiger partial charge is 0.326 e. The lowest BCUT2D eigenvalue weighted by Crippen LogP contribution is -2.40. The Hall–Kier alpha value is -2.67. The molecule has 0 rings (SSSR count). The van der Waals surface area contributed by atoms with Crippen molar-refractivity contribution in [2.24, 2.45) is 5.73 Å². The molecule has 0 radical (unpaired) electrons. The maximum atomic E-state index is 12.9. The predicted molar refractivity (Wildman–Crippen MR) is 257 cm³/mol. The van der Waals surface area contributed by atoms with Crippen molar-refractivity contribution in [1.82, 2.24) is 5.32 Å². The van der Waals surface area contributed by atoms with Crippen molar-refractivity contribution in [3.63, 3.8) is 0 Å². The van der Waals surface area contributed by atoms with Crippen LogP contribution in [0.25, 0.3) is 0 Å². The Labute approximate surface area is 370 Å². The molecule has 0 heterocycles. The summed E-state index contributed by atoms with van der Waals surface area (Å²) in [6, 6.07) is -0.861. The topological polar surface area (TPSA) is 119 Å². The molecule has 7 nitrogen and oxygen atoms in total. The summed E-state index contributed by atoms with van der Waals surface area (Å²) < 4.78 is 6.05. The normalized spacial score (nSPS) is 13.0. The molecule has 60 heavy (non-hydrogen) atoms. The fourth-order valence-corrected chi connectivity index (χ4v) is 7.52. The molecule has 0 aliphatic carbocycles. The highest BCUT2D eigenvalue weighted by Gasteiger charge is 2.19. The van der Waals surface area contributed by atoms with Gasteiger partial charge >= 0.3 is 11.9 Å². The van der Waals surface area contributed by atoms with Gasteiger partial charge in [-0.3, -0.25) is 9.59 Å². The van der Waals surface area contributed by atoms with Gasteiger partial charge in [0.05, 0.1) is 0 Å². The predicted octanol–water partition coefficient (Wildman–Crippen LogP) is 15.1. The first-order chi connectivity index (χ1) is 29.4. The van der Waals surface area contributed by atoms with Crippen molar-refractivity contribution in [2.45, 2.75) is 264 Å². The number of amides is 1. The first-order valence-electron chi connectivity index (χ1n) is 25.5. The summed E-state index contributed by atoms with van der Waals surface area (Å²) in [7, 11) is 0. The van der Waals surface area contributed by atoms with Crippen molar-refractivity contribution in [2.75, 3.05) is 6.54 Å². The second kappa shape index (κ2) is 47.4. The van der Waals surface area contributed by atoms with Crippen LogP contribution in [0.3, 0.4) is 0 Å². The highest BCUT2D eigenvalue weighted by atomic mass is 16.5. The number of unbranched alkanes of at least 4 members (excludes halogenated alkanes) is 24. The van der Waals surface area contributed by atoms with Crippen molar-refractivity contribution in [3.8, 4) is 0 Å². The number of hydrogen-bond acceptors (Lipinski definition) is 5. The van der Waals surface area contributed by atoms with Crippen LogP contribution >= 0.6 is 0 Å². The second-order valence-electron chi connectivity index (χ2n) is 17.2. The molecule has 0 spiro atoms. The number of carboxylic acid groups (broad SMARTS) is 1. The number of rotatable bonds is 46. The summed E-state index contributed by atoms with van der Waals surface area (Å²) in [6.07, 6.45) is 58.8. The molecule has 0 aromatic rings. The van der Waals surface area contributed by atoms with Crippen LogP contribution in [-0.2, 0) is 19.1 Å². The Morgan fingerprint density at radius 2 is 0.883 bits per heavy atom. The Kier molecular flexibility index (Phi) is 45.3. The Morgan fingerprint density at radius 3 is 1.38 bits per heavy atom. The molecule has 0 aromatic heterocycles. The number of nitrogens with one attached hydrogen (secondary N) is 1. The SMILES string of the molecule is CCCCCCC/C=C\C/C=C\C/C=C\CCCCCCCCCCC(=O)OC(CCC/C=C\CCCCCCCC)CCCCCCCC(=O)NC(CCCN)C(=O)O. The summed E-state index contributed by atoms with van der Waals surface area (Å²) >= 11 is 0. The summed E-state index contributed by atoms with van der Waals surface area (Å²) in [5, 5.41) is 12.0. The van der Waals surface area contributed by atoms with E-state index in [0.717, 1.165) is 89.9 Å². The lowest BCUT2D eigenvalue weighted by molar-refractivity contribution is -0.150. The number of carboxylic acids is 1. The molecule has 7 heteroatoms. The minimum absolute atomic E-state index is 0.0232. The van der Waals surface area contributed by atoms with Gasteiger partial charge in [0.1, 0.15) is 12.1 Å². The summed E-state index contributed by atoms with van der Waals surface area (Å²) in [5.74, 6) is -1.25. The minimum atomic E-state index is -1.01. The van der Waals surface area contributed by atoms with Gasteiger partial charge in [-0.2, -0.15) is 0 Å². The summed E-state index contributed by atoms with van der Waals surface area (Å²) in [5.41, 5.74) is 5.49. The van der Waals surface area contributed by atoms with E-state index < -0.39 is 12.0 Å². The minimum Gasteiger partial charge on any atom is -0.480 e. The molecule has 0 fully saturated rings. The molecule has 1 amide bonds. The average Bonchev–Trinajstić information content (AvgIpc) is 3.23. The fraction of sp³-hybridized carbons (Fsp3) is 0.792. The standard InChI is InChI=1S/C53H96N2O5/c1-3-5-7-9-11-13-15-16-17-18-19-20-21-22-23-24-25-26-28-30-32-37-41-47-52(57)60-49(43-38-34-31-29-27-14-12-10-8-6-4-2)44-39-35-33-36-40-46-51(56)55-50(53(58)59)45-42-48-54/h15-16,18-19,21-22,29,31,49-50H,3-14,17,20,23-28,30,32-48,54H2,1-2H3,(H,55,56)(H,58,59)/b16-15-,19-18-,22-21-,31-29-. The zero-order valence-corrected chi connectivity index (χ0v) is 39.3. The molecule has 0 aliphatic heterocycles. The third-order valence-corrected chi connectivity index (χ3v) is 11.4. The van der Waals surface area contributed by atoms with Gasteiger partial charge in [0, 0.05) is 12.8 Å². The van der Waals surface area contributed by atoms with E-state index in [1.54, 1.807) is 0 Å². The quantitative estimate of drug-likeness (QED) is 0.0319. The molecule has 0 saturated carbocycles. The van der Waals surface area contributed by atoms with Crippen molar-refractivity contribution < 1.29 is 24.2 Å². The average molecular weight is 841 g/mol. The molecular formula is C53H96N2O5. The largest absolute Gasteiger partial charge is 0.480 e. The van der Waals surface area contributed by atoms with Gasteiger partial charge in [0.25, 0.3) is 0 Å². The molecule has 0 saturated heterocycles. The van der Waals surface area contributed by atoms with Crippen LogP contribution in [0.1, 0.15) is 251 Å². The Morgan fingerprint density at radius 1 is 0.483 bits per heavy atom. The van der Waals surface area contributed by atoms with Gasteiger partial charge in [-0.15, -0.1) is 0 Å². The van der Waals surface area contributed by atoms with Crippen LogP contribution in [0.4, 0.5) is 0 Å². The van der Waals surface area contributed by atoms with Gasteiger partial charge in [-0.1, -0.05) is 178 Å². The number of carbonyl (C=O) groups excluding carboxylic acids is 2. The monoisotopic (exact) mass is 841 g/mol. The molecule has 0 aliphatic rings. The van der Waals surface area contributed by atoms with E-state index in [1.165, 1.54) is 122 Å². The molecule has 2 atom stereocenters. The second-order valence-corrected chi connectivity index (χ2v) is 17.2. The fourth-order valence-electron chi connectivity index (χ4n) is 7.52. The zero-order valence-electron chi connectivity index (χ0n) is 39.3. The highest BCUT2D eigenvalue weighted by molar-refractivity contribution is 5.83. The van der Waals surface area contributed by atoms with Crippen LogP contribution < -0.4 is 11.1 Å². The van der Waals surface area contributed by atoms with E-state index in [0.29, 0.717) is 32.2 Å². The van der Waals surface area contributed by atoms with E-state index in [2.05, 4.69) is 67.8 Å². The van der Waals surface area contributed by atoms with E-state index in [-0.39, 0.29) is 18.0 Å².